The third-order valence-electron chi connectivity index (χ3n) is 6.60. The minimum absolute atomic E-state index is 0.198. The average Bonchev–Trinajstić information content (AvgIpc) is 3.23. The lowest BCUT2D eigenvalue weighted by Gasteiger charge is -2.14. The van der Waals surface area contributed by atoms with E-state index in [4.69, 9.17) is 9.72 Å². The van der Waals surface area contributed by atoms with E-state index in [0.717, 1.165) is 27.9 Å². The third-order valence-corrected chi connectivity index (χ3v) is 6.60. The van der Waals surface area contributed by atoms with E-state index in [1.807, 2.05) is 77.3 Å². The number of benzene rings is 3. The fourth-order valence-corrected chi connectivity index (χ4v) is 4.60. The molecule has 2 heterocycles. The Labute approximate surface area is 225 Å². The fraction of sp³-hybridized carbons (Fsp3) is 0.167. The second-order valence-electron chi connectivity index (χ2n) is 9.61. The van der Waals surface area contributed by atoms with Gasteiger partial charge in [-0.15, -0.1) is 0 Å². The summed E-state index contributed by atoms with van der Waals surface area (Å²) >= 11 is 0. The zero-order valence-electron chi connectivity index (χ0n) is 22.3. The van der Waals surface area contributed by atoms with Crippen LogP contribution in [-0.4, -0.2) is 25.6 Å². The Morgan fingerprint density at radius 3 is 2.51 bits per heavy atom. The Bertz CT molecular complexity index is 1770. The quantitative estimate of drug-likeness (QED) is 0.194. The monoisotopic (exact) mass is 521 g/mol. The SMILES string of the molecule is Cc1cc(C)c(C)c(Oc2cc(NC(=O)c3cc(-c4cn(C)nc4C)nc4ccccc34)cc([N+](=O)[O-])c2)c1. The van der Waals surface area contributed by atoms with Crippen LogP contribution in [0.25, 0.3) is 22.2 Å². The van der Waals surface area contributed by atoms with Crippen LogP contribution in [0.2, 0.25) is 0 Å². The Balaban J connectivity index is 1.55. The van der Waals surface area contributed by atoms with E-state index in [1.54, 1.807) is 16.8 Å². The highest BCUT2D eigenvalue weighted by molar-refractivity contribution is 6.13. The number of carbonyl (C=O) groups excluding carboxylic acids is 1. The molecular weight excluding hydrogens is 494 g/mol. The molecule has 39 heavy (non-hydrogen) atoms. The van der Waals surface area contributed by atoms with Gasteiger partial charge in [0.05, 0.1) is 39.1 Å². The second-order valence-corrected chi connectivity index (χ2v) is 9.61. The number of amides is 1. The van der Waals surface area contributed by atoms with E-state index in [1.165, 1.54) is 12.1 Å². The van der Waals surface area contributed by atoms with Crippen LogP contribution in [0.15, 0.2) is 66.9 Å². The lowest BCUT2D eigenvalue weighted by atomic mass is 10.0. The molecule has 0 saturated carbocycles. The number of nitro benzene ring substituents is 1. The second kappa shape index (κ2) is 10.0. The van der Waals surface area contributed by atoms with Crippen molar-refractivity contribution in [2.75, 3.05) is 5.32 Å². The molecule has 1 N–H and O–H groups in total. The summed E-state index contributed by atoms with van der Waals surface area (Å²) < 4.78 is 7.78. The van der Waals surface area contributed by atoms with Crippen LogP contribution in [0.4, 0.5) is 11.4 Å². The largest absolute Gasteiger partial charge is 0.457 e. The summed E-state index contributed by atoms with van der Waals surface area (Å²) in [5, 5.41) is 19.6. The maximum atomic E-state index is 13.6. The molecule has 0 aliphatic carbocycles. The molecular formula is C30H27N5O4. The molecule has 0 spiro atoms. The molecule has 0 radical (unpaired) electrons. The number of para-hydroxylation sites is 1. The molecule has 3 aromatic carbocycles. The van der Waals surface area contributed by atoms with Gasteiger partial charge in [0, 0.05) is 36.3 Å². The first-order valence-electron chi connectivity index (χ1n) is 12.4. The van der Waals surface area contributed by atoms with E-state index in [0.29, 0.717) is 27.9 Å². The Kier molecular flexibility index (Phi) is 6.57. The van der Waals surface area contributed by atoms with Crippen LogP contribution in [0.5, 0.6) is 11.5 Å². The van der Waals surface area contributed by atoms with Gasteiger partial charge in [-0.1, -0.05) is 24.3 Å². The zero-order chi connectivity index (χ0) is 27.8. The molecule has 9 nitrogen and oxygen atoms in total. The summed E-state index contributed by atoms with van der Waals surface area (Å²) in [6.07, 6.45) is 1.85. The molecule has 0 unspecified atom stereocenters. The van der Waals surface area contributed by atoms with Crippen molar-refractivity contribution in [2.45, 2.75) is 27.7 Å². The molecule has 5 aromatic rings. The van der Waals surface area contributed by atoms with Crippen LogP contribution in [0, 0.1) is 37.8 Å². The summed E-state index contributed by atoms with van der Waals surface area (Å²) in [4.78, 5) is 29.6. The van der Waals surface area contributed by atoms with Crippen molar-refractivity contribution in [3.63, 3.8) is 0 Å². The first-order valence-corrected chi connectivity index (χ1v) is 12.4. The highest BCUT2D eigenvalue weighted by Crippen LogP contribution is 2.34. The minimum Gasteiger partial charge on any atom is -0.457 e. The minimum atomic E-state index is -0.512. The van der Waals surface area contributed by atoms with E-state index in [2.05, 4.69) is 10.4 Å². The lowest BCUT2D eigenvalue weighted by molar-refractivity contribution is -0.384. The van der Waals surface area contributed by atoms with Gasteiger partial charge in [-0.25, -0.2) is 4.98 Å². The highest BCUT2D eigenvalue weighted by Gasteiger charge is 2.19. The van der Waals surface area contributed by atoms with E-state index < -0.39 is 10.8 Å². The van der Waals surface area contributed by atoms with Gasteiger partial charge < -0.3 is 10.1 Å². The van der Waals surface area contributed by atoms with Gasteiger partial charge in [-0.3, -0.25) is 19.6 Å². The van der Waals surface area contributed by atoms with Crippen molar-refractivity contribution < 1.29 is 14.5 Å². The number of fused-ring (bicyclic) bond motifs is 1. The smallest absolute Gasteiger partial charge is 0.275 e. The number of pyridine rings is 1. The predicted octanol–water partition coefficient (Wildman–Crippen LogP) is 6.82. The van der Waals surface area contributed by atoms with Crippen LogP contribution < -0.4 is 10.1 Å². The first-order chi connectivity index (χ1) is 18.6. The Morgan fingerprint density at radius 2 is 1.79 bits per heavy atom. The van der Waals surface area contributed by atoms with Crippen molar-refractivity contribution in [2.24, 2.45) is 7.05 Å². The number of hydrogen-bond acceptors (Lipinski definition) is 6. The van der Waals surface area contributed by atoms with Gasteiger partial charge in [-0.05, 0) is 62.6 Å². The van der Waals surface area contributed by atoms with Crippen molar-refractivity contribution in [3.05, 3.63) is 105 Å². The van der Waals surface area contributed by atoms with Gasteiger partial charge in [0.2, 0.25) is 0 Å². The van der Waals surface area contributed by atoms with Crippen LogP contribution in [0.1, 0.15) is 32.7 Å². The number of nitrogens with one attached hydrogen (secondary N) is 1. The summed E-state index contributed by atoms with van der Waals surface area (Å²) in [6, 6.07) is 17.2. The molecule has 0 atom stereocenters. The van der Waals surface area contributed by atoms with Gasteiger partial charge in [-0.2, -0.15) is 5.10 Å². The number of carbonyl (C=O) groups is 1. The van der Waals surface area contributed by atoms with Crippen molar-refractivity contribution in [1.82, 2.24) is 14.8 Å². The van der Waals surface area contributed by atoms with Crippen LogP contribution in [0.3, 0.4) is 0 Å². The summed E-state index contributed by atoms with van der Waals surface area (Å²) in [6.45, 7) is 7.75. The summed E-state index contributed by atoms with van der Waals surface area (Å²) in [5.74, 6) is 0.422. The van der Waals surface area contributed by atoms with E-state index >= 15 is 0 Å². The number of nitrogens with zero attached hydrogens (tertiary/aromatic N) is 4. The normalized spacial score (nSPS) is 11.0. The number of aromatic nitrogens is 3. The topological polar surface area (TPSA) is 112 Å². The molecule has 0 aliphatic rings. The molecule has 0 saturated heterocycles. The first kappa shape index (κ1) is 25.6. The zero-order valence-corrected chi connectivity index (χ0v) is 22.3. The van der Waals surface area contributed by atoms with E-state index in [9.17, 15) is 14.9 Å². The van der Waals surface area contributed by atoms with Crippen LogP contribution >= 0.6 is 0 Å². The molecule has 5 rings (SSSR count). The standard InChI is InChI=1S/C30H27N5O4/c1-17-10-18(2)19(3)29(11-17)39-23-13-21(12-22(14-23)35(37)38)31-30(36)25-15-28(26-16-34(5)33-20(26)4)32-27-9-7-6-8-24(25)27/h6-16H,1-5H3,(H,31,36). The van der Waals surface area contributed by atoms with Crippen molar-refractivity contribution in [3.8, 4) is 22.8 Å². The van der Waals surface area contributed by atoms with Crippen molar-refractivity contribution in [1.29, 1.82) is 0 Å². The lowest BCUT2D eigenvalue weighted by Crippen LogP contribution is -2.13. The number of hydrogen-bond donors (Lipinski definition) is 1. The van der Waals surface area contributed by atoms with Gasteiger partial charge >= 0.3 is 0 Å². The molecule has 0 bridgehead atoms. The number of non-ortho nitro benzene ring substituents is 1. The maximum absolute atomic E-state index is 13.6. The summed E-state index contributed by atoms with van der Waals surface area (Å²) in [7, 11) is 1.83. The van der Waals surface area contributed by atoms with Crippen molar-refractivity contribution >= 4 is 28.2 Å². The predicted molar refractivity (Wildman–Crippen MR) is 150 cm³/mol. The molecule has 196 valence electrons. The number of ether oxygens (including phenoxy) is 1. The molecule has 0 aliphatic heterocycles. The number of aryl methyl sites for hydroxylation is 4. The molecule has 2 aromatic heterocycles. The molecule has 1 amide bonds. The molecule has 0 fully saturated rings. The summed E-state index contributed by atoms with van der Waals surface area (Å²) in [5.41, 5.74) is 6.28. The fourth-order valence-electron chi connectivity index (χ4n) is 4.60. The van der Waals surface area contributed by atoms with Gasteiger partial charge in [0.25, 0.3) is 11.6 Å². The Morgan fingerprint density at radius 1 is 1.03 bits per heavy atom. The third kappa shape index (κ3) is 5.19. The number of anilines is 1. The maximum Gasteiger partial charge on any atom is 0.275 e. The Hall–Kier alpha value is -5.05. The van der Waals surface area contributed by atoms with Gasteiger partial charge in [0.15, 0.2) is 0 Å². The average molecular weight is 522 g/mol. The number of nitro groups is 1. The molecule has 9 heteroatoms. The number of rotatable bonds is 6. The highest BCUT2D eigenvalue weighted by atomic mass is 16.6. The van der Waals surface area contributed by atoms with Gasteiger partial charge in [0.1, 0.15) is 11.5 Å². The van der Waals surface area contributed by atoms with Crippen LogP contribution in [-0.2, 0) is 7.05 Å². The van der Waals surface area contributed by atoms with E-state index in [-0.39, 0.29) is 17.1 Å².